The van der Waals surface area contributed by atoms with Crippen LogP contribution < -0.4 is 5.32 Å². The Morgan fingerprint density at radius 3 is 2.47 bits per heavy atom. The first-order valence-corrected chi connectivity index (χ1v) is 4.77. The molecule has 0 saturated heterocycles. The number of halogens is 3. The zero-order valence-electron chi connectivity index (χ0n) is 8.93. The van der Waals surface area contributed by atoms with Crippen molar-refractivity contribution in [2.24, 2.45) is 0 Å². The molecule has 0 aromatic heterocycles. The monoisotopic (exact) mass is 223 g/mol. The number of rotatable bonds is 6. The summed E-state index contributed by atoms with van der Waals surface area (Å²) in [5.74, 6) is 0. The molecule has 3 nitrogen and oxygen atoms in total. The molecule has 15 heavy (non-hydrogen) atoms. The van der Waals surface area contributed by atoms with Crippen molar-refractivity contribution in [3.8, 4) is 6.07 Å². The Morgan fingerprint density at radius 2 is 2.07 bits per heavy atom. The van der Waals surface area contributed by atoms with Crippen LogP contribution in [0.5, 0.6) is 0 Å². The normalized spacial score (nSPS) is 13.9. The summed E-state index contributed by atoms with van der Waals surface area (Å²) < 4.78 is 35.6. The van der Waals surface area contributed by atoms with Crippen LogP contribution in [0.15, 0.2) is 0 Å². The fourth-order valence-corrected chi connectivity index (χ4v) is 1.12. The smallest absolute Gasteiger partial charge is 0.303 e. The molecule has 0 aliphatic heterocycles. The molecule has 0 rings (SSSR count). The van der Waals surface area contributed by atoms with Crippen molar-refractivity contribution in [1.29, 1.82) is 5.26 Å². The number of nitriles is 1. The van der Waals surface area contributed by atoms with Crippen LogP contribution in [0.25, 0.3) is 0 Å². The first-order chi connectivity index (χ1) is 6.89. The van der Waals surface area contributed by atoms with Gasteiger partial charge in [0.2, 0.25) is 0 Å². The highest BCUT2D eigenvalue weighted by Crippen LogP contribution is 2.19. The summed E-state index contributed by atoms with van der Waals surface area (Å²) in [5.41, 5.74) is 0. The molecular weight excluding hydrogens is 207 g/mol. The first-order valence-electron chi connectivity index (χ1n) is 4.77. The zero-order chi connectivity index (χ0) is 11.9. The van der Waals surface area contributed by atoms with Gasteiger partial charge in [-0.05, 0) is 13.6 Å². The third-order valence-electron chi connectivity index (χ3n) is 1.88. The van der Waals surface area contributed by atoms with Crippen molar-refractivity contribution >= 4 is 0 Å². The molecule has 0 aliphatic carbocycles. The van der Waals surface area contributed by atoms with Gasteiger partial charge in [-0.2, -0.15) is 18.4 Å². The van der Waals surface area contributed by atoms with E-state index in [1.165, 1.54) is 4.90 Å². The minimum atomic E-state index is -4.13. The summed E-state index contributed by atoms with van der Waals surface area (Å²) >= 11 is 0. The molecule has 88 valence electrons. The van der Waals surface area contributed by atoms with Crippen LogP contribution in [0.1, 0.15) is 13.3 Å². The molecule has 6 heteroatoms. The van der Waals surface area contributed by atoms with Gasteiger partial charge in [-0.3, -0.25) is 0 Å². The Balaban J connectivity index is 3.82. The van der Waals surface area contributed by atoms with Gasteiger partial charge in [0.25, 0.3) is 0 Å². The van der Waals surface area contributed by atoms with E-state index < -0.39 is 18.6 Å². The largest absolute Gasteiger partial charge is 0.390 e. The maximum Gasteiger partial charge on any atom is 0.390 e. The number of nitrogens with one attached hydrogen (secondary N) is 1. The highest BCUT2D eigenvalue weighted by atomic mass is 19.4. The van der Waals surface area contributed by atoms with Crippen LogP contribution in [0.2, 0.25) is 0 Å². The third-order valence-corrected chi connectivity index (χ3v) is 1.88. The maximum atomic E-state index is 11.9. The molecule has 0 radical (unpaired) electrons. The quantitative estimate of drug-likeness (QED) is 0.739. The second kappa shape index (κ2) is 6.64. The molecule has 1 unspecified atom stereocenters. The average molecular weight is 223 g/mol. The van der Waals surface area contributed by atoms with Gasteiger partial charge in [0.05, 0.1) is 12.5 Å². The molecule has 1 N–H and O–H groups in total. The fourth-order valence-electron chi connectivity index (χ4n) is 1.12. The van der Waals surface area contributed by atoms with Crippen molar-refractivity contribution in [3.05, 3.63) is 0 Å². The maximum absolute atomic E-state index is 11.9. The van der Waals surface area contributed by atoms with Crippen LogP contribution in [-0.2, 0) is 0 Å². The van der Waals surface area contributed by atoms with E-state index in [1.807, 2.05) is 13.0 Å². The predicted octanol–water partition coefficient (Wildman–Crippen LogP) is 1.37. The molecule has 1 atom stereocenters. The van der Waals surface area contributed by atoms with Crippen LogP contribution in [0.3, 0.4) is 0 Å². The van der Waals surface area contributed by atoms with Crippen LogP contribution >= 0.6 is 0 Å². The Kier molecular flexibility index (Phi) is 6.29. The highest BCUT2D eigenvalue weighted by Gasteiger charge is 2.27. The van der Waals surface area contributed by atoms with Crippen molar-refractivity contribution in [1.82, 2.24) is 10.2 Å². The fraction of sp³-hybridized carbons (Fsp3) is 0.889. The molecule has 0 saturated carbocycles. The Bertz CT molecular complexity index is 210. The standard InChI is InChI=1S/C9H16F3N3/c1-3-14-8(6-13)7-15(2)5-4-9(10,11)12/h8,14H,3-5,7H2,1-2H3. The number of alkyl halides is 3. The van der Waals surface area contributed by atoms with Crippen molar-refractivity contribution in [2.75, 3.05) is 26.7 Å². The molecular formula is C9H16F3N3. The van der Waals surface area contributed by atoms with Gasteiger partial charge in [-0.25, -0.2) is 0 Å². The summed E-state index contributed by atoms with van der Waals surface area (Å²) in [5, 5.41) is 11.5. The van der Waals surface area contributed by atoms with Gasteiger partial charge >= 0.3 is 6.18 Å². The average Bonchev–Trinajstić information content (AvgIpc) is 2.13. The van der Waals surface area contributed by atoms with E-state index in [-0.39, 0.29) is 6.54 Å². The molecule has 0 aliphatic rings. The minimum Gasteiger partial charge on any atom is -0.303 e. The van der Waals surface area contributed by atoms with Gasteiger partial charge in [0.1, 0.15) is 6.04 Å². The number of hydrogen-bond donors (Lipinski definition) is 1. The topological polar surface area (TPSA) is 39.1 Å². The summed E-state index contributed by atoms with van der Waals surface area (Å²) in [6.45, 7) is 2.71. The van der Waals surface area contributed by atoms with Gasteiger partial charge in [-0.15, -0.1) is 0 Å². The number of likely N-dealkylation sites (N-methyl/N-ethyl adjacent to an activating group) is 2. The lowest BCUT2D eigenvalue weighted by molar-refractivity contribution is -0.137. The molecule has 0 heterocycles. The molecule has 0 bridgehead atoms. The molecule has 0 spiro atoms. The number of nitrogens with zero attached hydrogens (tertiary/aromatic N) is 2. The summed E-state index contributed by atoms with van der Waals surface area (Å²) in [4.78, 5) is 1.50. The third kappa shape index (κ3) is 8.21. The molecule has 0 aromatic carbocycles. The van der Waals surface area contributed by atoms with E-state index in [2.05, 4.69) is 5.32 Å². The molecule has 0 aromatic rings. The SMILES string of the molecule is CCNC(C#N)CN(C)CCC(F)(F)F. The summed E-state index contributed by atoms with van der Waals surface area (Å²) in [6.07, 6.45) is -4.97. The van der Waals surface area contributed by atoms with Crippen LogP contribution in [-0.4, -0.2) is 43.8 Å². The van der Waals surface area contributed by atoms with Crippen molar-refractivity contribution in [3.63, 3.8) is 0 Å². The van der Waals surface area contributed by atoms with Crippen LogP contribution in [0, 0.1) is 11.3 Å². The van der Waals surface area contributed by atoms with Gasteiger partial charge in [0.15, 0.2) is 0 Å². The molecule has 0 fully saturated rings. The lowest BCUT2D eigenvalue weighted by atomic mass is 10.3. The Hall–Kier alpha value is -0.800. The van der Waals surface area contributed by atoms with Gasteiger partial charge < -0.3 is 10.2 Å². The summed E-state index contributed by atoms with van der Waals surface area (Å²) in [7, 11) is 1.58. The predicted molar refractivity (Wildman–Crippen MR) is 51.2 cm³/mol. The second-order valence-electron chi connectivity index (χ2n) is 3.37. The second-order valence-corrected chi connectivity index (χ2v) is 3.37. The van der Waals surface area contributed by atoms with E-state index in [0.717, 1.165) is 0 Å². The highest BCUT2D eigenvalue weighted by molar-refractivity contribution is 4.91. The van der Waals surface area contributed by atoms with E-state index >= 15 is 0 Å². The van der Waals surface area contributed by atoms with Gasteiger partial charge in [-0.1, -0.05) is 6.92 Å². The van der Waals surface area contributed by atoms with E-state index in [1.54, 1.807) is 7.05 Å². The van der Waals surface area contributed by atoms with E-state index in [0.29, 0.717) is 13.1 Å². The van der Waals surface area contributed by atoms with Gasteiger partial charge in [0, 0.05) is 13.1 Å². The van der Waals surface area contributed by atoms with Crippen molar-refractivity contribution < 1.29 is 13.2 Å². The van der Waals surface area contributed by atoms with E-state index in [9.17, 15) is 13.2 Å². The minimum absolute atomic E-state index is 0.0763. The van der Waals surface area contributed by atoms with E-state index in [4.69, 9.17) is 5.26 Å². The summed E-state index contributed by atoms with van der Waals surface area (Å²) in [6, 6.07) is 1.59. The van der Waals surface area contributed by atoms with Crippen molar-refractivity contribution in [2.45, 2.75) is 25.6 Å². The van der Waals surface area contributed by atoms with Crippen LogP contribution in [0.4, 0.5) is 13.2 Å². The first kappa shape index (κ1) is 14.2. The lowest BCUT2D eigenvalue weighted by Gasteiger charge is -2.20. The zero-order valence-corrected chi connectivity index (χ0v) is 8.93. The Labute approximate surface area is 87.9 Å². The number of hydrogen-bond acceptors (Lipinski definition) is 3. The lowest BCUT2D eigenvalue weighted by Crippen LogP contribution is -2.39. The molecule has 0 amide bonds. The Morgan fingerprint density at radius 1 is 1.47 bits per heavy atom.